The van der Waals surface area contributed by atoms with Gasteiger partial charge in [-0.3, -0.25) is 0 Å². The maximum Gasteiger partial charge on any atom is 0.0713 e. The molecule has 0 amide bonds. The lowest BCUT2D eigenvalue weighted by Crippen LogP contribution is -2.34. The molecular weight excluding hydrogens is 224 g/mol. The van der Waals surface area contributed by atoms with E-state index in [2.05, 4.69) is 29.2 Å². The van der Waals surface area contributed by atoms with Crippen LogP contribution in [-0.2, 0) is 11.2 Å². The summed E-state index contributed by atoms with van der Waals surface area (Å²) in [6.07, 6.45) is 3.67. The summed E-state index contributed by atoms with van der Waals surface area (Å²) < 4.78 is 5.62. The summed E-state index contributed by atoms with van der Waals surface area (Å²) in [5.74, 6) is 0. The molecule has 1 aromatic rings. The second-order valence-electron chi connectivity index (χ2n) is 4.82. The first-order valence-corrected chi connectivity index (χ1v) is 6.99. The number of para-hydroxylation sites is 1. The van der Waals surface area contributed by atoms with Crippen molar-refractivity contribution in [2.45, 2.75) is 32.3 Å². The number of nitrogens with zero attached hydrogens (tertiary/aromatic N) is 1. The molecule has 0 aliphatic carbocycles. The van der Waals surface area contributed by atoms with Crippen LogP contribution in [0.5, 0.6) is 0 Å². The molecule has 2 N–H and O–H groups in total. The van der Waals surface area contributed by atoms with Crippen molar-refractivity contribution >= 4 is 5.69 Å². The van der Waals surface area contributed by atoms with E-state index in [9.17, 15) is 0 Å². The first-order chi connectivity index (χ1) is 8.85. The normalized spacial score (nSPS) is 16.4. The summed E-state index contributed by atoms with van der Waals surface area (Å²) in [5.41, 5.74) is 8.60. The fourth-order valence-electron chi connectivity index (χ4n) is 2.65. The van der Waals surface area contributed by atoms with Crippen molar-refractivity contribution in [3.05, 3.63) is 29.8 Å². The first kappa shape index (κ1) is 13.4. The predicted octanol–water partition coefficient (Wildman–Crippen LogP) is 2.19. The minimum Gasteiger partial charge on any atom is -0.377 e. The van der Waals surface area contributed by atoms with E-state index in [1.54, 1.807) is 0 Å². The third-order valence-corrected chi connectivity index (χ3v) is 3.59. The number of ether oxygens (including phenoxy) is 1. The van der Waals surface area contributed by atoms with Gasteiger partial charge in [0.2, 0.25) is 0 Å². The predicted molar refractivity (Wildman–Crippen MR) is 76.1 cm³/mol. The molecule has 0 saturated carbocycles. The van der Waals surface area contributed by atoms with E-state index in [4.69, 9.17) is 10.5 Å². The Labute approximate surface area is 110 Å². The van der Waals surface area contributed by atoms with E-state index in [0.29, 0.717) is 6.54 Å². The minimum atomic E-state index is 0.198. The molecule has 0 radical (unpaired) electrons. The lowest BCUT2D eigenvalue weighted by molar-refractivity contribution is 0.0643. The number of nitrogens with two attached hydrogens (primary N) is 1. The number of aryl methyl sites for hydroxylation is 1. The van der Waals surface area contributed by atoms with Crippen LogP contribution >= 0.6 is 0 Å². The van der Waals surface area contributed by atoms with Crippen LogP contribution in [0.25, 0.3) is 0 Å². The highest BCUT2D eigenvalue weighted by molar-refractivity contribution is 5.55. The van der Waals surface area contributed by atoms with E-state index >= 15 is 0 Å². The van der Waals surface area contributed by atoms with Gasteiger partial charge in [0.25, 0.3) is 0 Å². The fourth-order valence-corrected chi connectivity index (χ4v) is 2.65. The Morgan fingerprint density at radius 3 is 3.00 bits per heavy atom. The average Bonchev–Trinajstić information content (AvgIpc) is 2.43. The molecule has 0 bridgehead atoms. The maximum absolute atomic E-state index is 5.73. The Kier molecular flexibility index (Phi) is 5.02. The zero-order valence-electron chi connectivity index (χ0n) is 11.3. The van der Waals surface area contributed by atoms with Crippen LogP contribution in [0.3, 0.4) is 0 Å². The van der Waals surface area contributed by atoms with E-state index in [0.717, 1.165) is 26.1 Å². The van der Waals surface area contributed by atoms with Gasteiger partial charge in [-0.2, -0.15) is 0 Å². The van der Waals surface area contributed by atoms with Crippen LogP contribution in [-0.4, -0.2) is 32.3 Å². The van der Waals surface area contributed by atoms with E-state index < -0.39 is 0 Å². The highest BCUT2D eigenvalue weighted by Crippen LogP contribution is 2.26. The average molecular weight is 248 g/mol. The van der Waals surface area contributed by atoms with Crippen molar-refractivity contribution in [2.24, 2.45) is 5.73 Å². The summed E-state index contributed by atoms with van der Waals surface area (Å²) in [4.78, 5) is 2.47. The Balaban J connectivity index is 1.94. The fraction of sp³-hybridized carbons (Fsp3) is 0.600. The van der Waals surface area contributed by atoms with Gasteiger partial charge in [0.15, 0.2) is 0 Å². The van der Waals surface area contributed by atoms with Gasteiger partial charge in [-0.15, -0.1) is 0 Å². The summed E-state index contributed by atoms with van der Waals surface area (Å²) >= 11 is 0. The van der Waals surface area contributed by atoms with Gasteiger partial charge in [0, 0.05) is 31.9 Å². The van der Waals surface area contributed by atoms with Crippen LogP contribution in [0.15, 0.2) is 24.3 Å². The Morgan fingerprint density at radius 1 is 1.39 bits per heavy atom. The van der Waals surface area contributed by atoms with Gasteiger partial charge < -0.3 is 15.4 Å². The van der Waals surface area contributed by atoms with E-state index in [-0.39, 0.29) is 6.10 Å². The number of rotatable bonds is 6. The van der Waals surface area contributed by atoms with E-state index in [1.165, 1.54) is 24.1 Å². The zero-order valence-corrected chi connectivity index (χ0v) is 11.3. The number of anilines is 1. The molecule has 3 heteroatoms. The van der Waals surface area contributed by atoms with E-state index in [1.807, 2.05) is 6.92 Å². The van der Waals surface area contributed by atoms with Crippen molar-refractivity contribution in [3.63, 3.8) is 0 Å². The first-order valence-electron chi connectivity index (χ1n) is 6.99. The second-order valence-corrected chi connectivity index (χ2v) is 4.82. The van der Waals surface area contributed by atoms with Gasteiger partial charge in [-0.05, 0) is 37.8 Å². The molecule has 0 fully saturated rings. The summed E-state index contributed by atoms with van der Waals surface area (Å²) in [6.45, 7) is 5.58. The lowest BCUT2D eigenvalue weighted by atomic mass is 10.0. The van der Waals surface area contributed by atoms with Crippen molar-refractivity contribution in [3.8, 4) is 0 Å². The third kappa shape index (κ3) is 3.24. The van der Waals surface area contributed by atoms with Crippen molar-refractivity contribution in [2.75, 3.05) is 31.1 Å². The third-order valence-electron chi connectivity index (χ3n) is 3.59. The molecule has 1 atom stereocenters. The Hall–Kier alpha value is -1.06. The summed E-state index contributed by atoms with van der Waals surface area (Å²) in [7, 11) is 0. The molecule has 1 heterocycles. The Bertz CT molecular complexity index is 367. The molecule has 1 aliphatic heterocycles. The van der Waals surface area contributed by atoms with Crippen molar-refractivity contribution in [1.29, 1.82) is 0 Å². The quantitative estimate of drug-likeness (QED) is 0.838. The number of hydrogen-bond donors (Lipinski definition) is 1. The number of benzene rings is 1. The topological polar surface area (TPSA) is 38.5 Å². The van der Waals surface area contributed by atoms with Gasteiger partial charge in [-0.1, -0.05) is 18.2 Å². The SMILES string of the molecule is CCOC(CN)CCN1CCCc2ccccc21. The Morgan fingerprint density at radius 2 is 2.22 bits per heavy atom. The van der Waals surface area contributed by atoms with Crippen LogP contribution < -0.4 is 10.6 Å². The van der Waals surface area contributed by atoms with Crippen molar-refractivity contribution < 1.29 is 4.74 Å². The van der Waals surface area contributed by atoms with Crippen LogP contribution in [0.1, 0.15) is 25.3 Å². The largest absolute Gasteiger partial charge is 0.377 e. The molecular formula is C15H24N2O. The van der Waals surface area contributed by atoms with Crippen molar-refractivity contribution in [1.82, 2.24) is 0 Å². The highest BCUT2D eigenvalue weighted by atomic mass is 16.5. The molecule has 0 saturated heterocycles. The van der Waals surface area contributed by atoms with Crippen LogP contribution in [0.4, 0.5) is 5.69 Å². The standard InChI is InChI=1S/C15H24N2O/c1-2-18-14(12-16)9-11-17-10-5-7-13-6-3-4-8-15(13)17/h3-4,6,8,14H,2,5,7,9-12,16H2,1H3. The van der Waals surface area contributed by atoms with Gasteiger partial charge in [0.05, 0.1) is 6.10 Å². The number of fused-ring (bicyclic) bond motifs is 1. The molecule has 1 aromatic carbocycles. The second kappa shape index (κ2) is 6.76. The molecule has 1 unspecified atom stereocenters. The number of hydrogen-bond acceptors (Lipinski definition) is 3. The van der Waals surface area contributed by atoms with Gasteiger partial charge in [0.1, 0.15) is 0 Å². The highest BCUT2D eigenvalue weighted by Gasteiger charge is 2.17. The maximum atomic E-state index is 5.73. The molecule has 0 spiro atoms. The molecule has 2 rings (SSSR count). The van der Waals surface area contributed by atoms with Crippen LogP contribution in [0.2, 0.25) is 0 Å². The van der Waals surface area contributed by atoms with Gasteiger partial charge >= 0.3 is 0 Å². The van der Waals surface area contributed by atoms with Gasteiger partial charge in [-0.25, -0.2) is 0 Å². The molecule has 3 nitrogen and oxygen atoms in total. The smallest absolute Gasteiger partial charge is 0.0713 e. The van der Waals surface area contributed by atoms with Crippen LogP contribution in [0, 0.1) is 0 Å². The minimum absolute atomic E-state index is 0.198. The molecule has 100 valence electrons. The molecule has 18 heavy (non-hydrogen) atoms. The summed E-state index contributed by atoms with van der Waals surface area (Å²) in [6, 6.07) is 8.72. The monoisotopic (exact) mass is 248 g/mol. The zero-order chi connectivity index (χ0) is 12.8. The summed E-state index contributed by atoms with van der Waals surface area (Å²) in [5, 5.41) is 0. The molecule has 1 aliphatic rings. The lowest BCUT2D eigenvalue weighted by Gasteiger charge is -2.32. The molecule has 0 aromatic heterocycles.